The highest BCUT2D eigenvalue weighted by molar-refractivity contribution is 7.89. The highest BCUT2D eigenvalue weighted by Crippen LogP contribution is 2.27. The molecule has 118 valence electrons. The molecular weight excluding hydrogens is 314 g/mol. The van der Waals surface area contributed by atoms with Crippen molar-refractivity contribution in [3.8, 4) is 5.75 Å². The average molecular weight is 334 g/mol. The lowest BCUT2D eigenvalue weighted by atomic mass is 10.1. The molecule has 7 heteroatoms. The Morgan fingerprint density at radius 3 is 2.76 bits per heavy atom. The van der Waals surface area contributed by atoms with Gasteiger partial charge in [0.05, 0.1) is 24.0 Å². The quantitative estimate of drug-likeness (QED) is 0.775. The molecule has 0 spiro atoms. The fourth-order valence-corrected chi connectivity index (χ4v) is 4.25. The van der Waals surface area contributed by atoms with E-state index in [1.54, 1.807) is 25.3 Å². The first-order valence-corrected chi connectivity index (χ1v) is 8.76. The van der Waals surface area contributed by atoms with Crippen molar-refractivity contribution in [2.24, 2.45) is 0 Å². The molecule has 1 aromatic rings. The number of hydrogen-bond acceptors (Lipinski definition) is 4. The van der Waals surface area contributed by atoms with Gasteiger partial charge in [0.2, 0.25) is 10.0 Å². The molecule has 1 atom stereocenters. The van der Waals surface area contributed by atoms with Crippen LogP contribution in [0.5, 0.6) is 5.75 Å². The monoisotopic (exact) mass is 333 g/mol. The molecule has 0 aliphatic carbocycles. The highest BCUT2D eigenvalue weighted by Gasteiger charge is 2.30. The minimum atomic E-state index is -3.52. The van der Waals surface area contributed by atoms with Gasteiger partial charge < -0.3 is 9.47 Å². The SMILES string of the molecule is COc1ccc(S(=O)(=O)N2CCCC(OC)C2)cc1CCl. The smallest absolute Gasteiger partial charge is 0.243 e. The third-order valence-electron chi connectivity index (χ3n) is 3.71. The normalized spacial score (nSPS) is 20.4. The molecule has 1 heterocycles. The molecule has 1 saturated heterocycles. The van der Waals surface area contributed by atoms with Crippen molar-refractivity contribution in [2.45, 2.75) is 29.7 Å². The maximum atomic E-state index is 12.7. The van der Waals surface area contributed by atoms with E-state index in [9.17, 15) is 8.42 Å². The molecule has 0 radical (unpaired) electrons. The summed E-state index contributed by atoms with van der Waals surface area (Å²) in [6, 6.07) is 4.78. The second-order valence-corrected chi connectivity index (χ2v) is 7.18. The van der Waals surface area contributed by atoms with E-state index in [0.29, 0.717) is 24.4 Å². The third kappa shape index (κ3) is 3.51. The van der Waals surface area contributed by atoms with E-state index in [4.69, 9.17) is 21.1 Å². The lowest BCUT2D eigenvalue weighted by molar-refractivity contribution is 0.0572. The van der Waals surface area contributed by atoms with Gasteiger partial charge in [0.1, 0.15) is 5.75 Å². The second kappa shape index (κ2) is 6.96. The molecule has 21 heavy (non-hydrogen) atoms. The number of rotatable bonds is 5. The minimum absolute atomic E-state index is 0.0423. The van der Waals surface area contributed by atoms with Gasteiger partial charge in [0, 0.05) is 25.8 Å². The Bertz CT molecular complexity index is 591. The van der Waals surface area contributed by atoms with Gasteiger partial charge in [0.25, 0.3) is 0 Å². The Balaban J connectivity index is 2.30. The number of hydrogen-bond donors (Lipinski definition) is 0. The molecule has 1 aliphatic rings. The number of piperidine rings is 1. The molecule has 0 saturated carbocycles. The summed E-state index contributed by atoms with van der Waals surface area (Å²) in [5, 5.41) is 0. The van der Waals surface area contributed by atoms with Gasteiger partial charge in [-0.3, -0.25) is 0 Å². The van der Waals surface area contributed by atoms with Crippen LogP contribution >= 0.6 is 11.6 Å². The number of methoxy groups -OCH3 is 2. The van der Waals surface area contributed by atoms with Crippen LogP contribution in [0.4, 0.5) is 0 Å². The summed E-state index contributed by atoms with van der Waals surface area (Å²) < 4.78 is 37.3. The molecule has 1 aliphatic heterocycles. The van der Waals surface area contributed by atoms with E-state index in [-0.39, 0.29) is 16.9 Å². The summed E-state index contributed by atoms with van der Waals surface area (Å²) in [7, 11) is -0.378. The summed E-state index contributed by atoms with van der Waals surface area (Å²) in [5.74, 6) is 0.796. The molecule has 0 N–H and O–H groups in total. The number of sulfonamides is 1. The molecule has 1 aromatic carbocycles. The van der Waals surface area contributed by atoms with Gasteiger partial charge in [-0.15, -0.1) is 11.6 Å². The maximum absolute atomic E-state index is 12.7. The lowest BCUT2D eigenvalue weighted by Crippen LogP contribution is -2.42. The van der Waals surface area contributed by atoms with Crippen LogP contribution in [0.3, 0.4) is 0 Å². The van der Waals surface area contributed by atoms with Crippen LogP contribution in [0, 0.1) is 0 Å². The van der Waals surface area contributed by atoms with E-state index in [0.717, 1.165) is 12.8 Å². The zero-order valence-electron chi connectivity index (χ0n) is 12.2. The Morgan fingerprint density at radius 2 is 2.14 bits per heavy atom. The minimum Gasteiger partial charge on any atom is -0.496 e. The molecule has 1 fully saturated rings. The lowest BCUT2D eigenvalue weighted by Gasteiger charge is -2.31. The summed E-state index contributed by atoms with van der Waals surface area (Å²) in [6.45, 7) is 0.908. The van der Waals surface area contributed by atoms with Crippen molar-refractivity contribution in [3.05, 3.63) is 23.8 Å². The fourth-order valence-electron chi connectivity index (χ4n) is 2.48. The highest BCUT2D eigenvalue weighted by atomic mass is 35.5. The summed E-state index contributed by atoms with van der Waals surface area (Å²) in [6.07, 6.45) is 1.65. The van der Waals surface area contributed by atoms with Crippen molar-refractivity contribution < 1.29 is 17.9 Å². The van der Waals surface area contributed by atoms with Crippen molar-refractivity contribution in [3.63, 3.8) is 0 Å². The van der Waals surface area contributed by atoms with Gasteiger partial charge in [-0.25, -0.2) is 8.42 Å². The van der Waals surface area contributed by atoms with Crippen molar-refractivity contribution in [2.75, 3.05) is 27.3 Å². The van der Waals surface area contributed by atoms with Crippen LogP contribution in [0.25, 0.3) is 0 Å². The summed E-state index contributed by atoms with van der Waals surface area (Å²) in [5.41, 5.74) is 0.667. The molecular formula is C14H20ClNO4S. The van der Waals surface area contributed by atoms with Crippen molar-refractivity contribution in [1.82, 2.24) is 4.31 Å². The third-order valence-corrected chi connectivity index (χ3v) is 5.86. The Kier molecular flexibility index (Phi) is 5.48. The van der Waals surface area contributed by atoms with E-state index in [1.807, 2.05) is 0 Å². The Hall–Kier alpha value is -0.820. The van der Waals surface area contributed by atoms with Gasteiger partial charge in [-0.2, -0.15) is 4.31 Å². The van der Waals surface area contributed by atoms with Crippen LogP contribution in [-0.4, -0.2) is 46.1 Å². The largest absolute Gasteiger partial charge is 0.496 e. The van der Waals surface area contributed by atoms with Gasteiger partial charge in [0.15, 0.2) is 0 Å². The topological polar surface area (TPSA) is 55.8 Å². The maximum Gasteiger partial charge on any atom is 0.243 e. The second-order valence-electron chi connectivity index (χ2n) is 4.97. The van der Waals surface area contributed by atoms with E-state index in [2.05, 4.69) is 0 Å². The van der Waals surface area contributed by atoms with Crippen LogP contribution in [0.1, 0.15) is 18.4 Å². The van der Waals surface area contributed by atoms with Crippen LogP contribution in [0.2, 0.25) is 0 Å². The predicted octanol–water partition coefficient (Wildman–Crippen LogP) is 2.23. The van der Waals surface area contributed by atoms with Crippen molar-refractivity contribution >= 4 is 21.6 Å². The number of alkyl halides is 1. The number of nitrogens with zero attached hydrogens (tertiary/aromatic N) is 1. The molecule has 0 amide bonds. The first-order chi connectivity index (χ1) is 10.0. The zero-order chi connectivity index (χ0) is 15.5. The fraction of sp³-hybridized carbons (Fsp3) is 0.571. The van der Waals surface area contributed by atoms with E-state index < -0.39 is 10.0 Å². The zero-order valence-corrected chi connectivity index (χ0v) is 13.8. The molecule has 0 bridgehead atoms. The van der Waals surface area contributed by atoms with Crippen LogP contribution in [0.15, 0.2) is 23.1 Å². The Labute approximate surface area is 130 Å². The standard InChI is InChI=1S/C14H20ClNO4S/c1-19-12-4-3-7-16(10-12)21(17,18)13-5-6-14(20-2)11(8-13)9-15/h5-6,8,12H,3-4,7,9-10H2,1-2H3. The van der Waals surface area contributed by atoms with Gasteiger partial charge >= 0.3 is 0 Å². The van der Waals surface area contributed by atoms with E-state index in [1.165, 1.54) is 11.4 Å². The van der Waals surface area contributed by atoms with Gasteiger partial charge in [-0.05, 0) is 31.0 Å². The van der Waals surface area contributed by atoms with Crippen LogP contribution < -0.4 is 4.74 Å². The van der Waals surface area contributed by atoms with E-state index >= 15 is 0 Å². The van der Waals surface area contributed by atoms with Crippen LogP contribution in [-0.2, 0) is 20.6 Å². The summed E-state index contributed by atoms with van der Waals surface area (Å²) in [4.78, 5) is 0.246. The van der Waals surface area contributed by atoms with Crippen molar-refractivity contribution in [1.29, 1.82) is 0 Å². The molecule has 5 nitrogen and oxygen atoms in total. The predicted molar refractivity (Wildman–Crippen MR) is 81.3 cm³/mol. The Morgan fingerprint density at radius 1 is 1.38 bits per heavy atom. The molecule has 2 rings (SSSR count). The molecule has 1 unspecified atom stereocenters. The number of ether oxygens (including phenoxy) is 2. The van der Waals surface area contributed by atoms with Gasteiger partial charge in [-0.1, -0.05) is 0 Å². The average Bonchev–Trinajstić information content (AvgIpc) is 2.54. The first kappa shape index (κ1) is 16.5. The number of halogens is 1. The first-order valence-electron chi connectivity index (χ1n) is 6.78. The molecule has 0 aromatic heterocycles. The summed E-state index contributed by atoms with van der Waals surface area (Å²) >= 11 is 5.86. The number of benzene rings is 1.